The molecule has 3 amide bonds. The summed E-state index contributed by atoms with van der Waals surface area (Å²) in [6.45, 7) is 2.55. The molecule has 0 unspecified atom stereocenters. The number of hydrogen-bond acceptors (Lipinski definition) is 6. The summed E-state index contributed by atoms with van der Waals surface area (Å²) >= 11 is 0. The lowest BCUT2D eigenvalue weighted by molar-refractivity contribution is -0.139. The fraction of sp³-hybridized carbons (Fsp3) is 0.429. The Hall–Kier alpha value is -3.68. The van der Waals surface area contributed by atoms with Gasteiger partial charge in [-0.25, -0.2) is 0 Å². The zero-order valence-electron chi connectivity index (χ0n) is 20.1. The van der Waals surface area contributed by atoms with Gasteiger partial charge < -0.3 is 14.4 Å². The highest BCUT2D eigenvalue weighted by atomic mass is 16.5. The molecule has 0 N–H and O–H groups in total. The summed E-state index contributed by atoms with van der Waals surface area (Å²) in [7, 11) is 0. The Balaban J connectivity index is 1.12. The second kappa shape index (κ2) is 8.76. The predicted molar refractivity (Wildman–Crippen MR) is 130 cm³/mol. The number of rotatable bonds is 6. The van der Waals surface area contributed by atoms with Gasteiger partial charge in [0.05, 0.1) is 35.7 Å². The molecule has 5 atom stereocenters. The molecule has 2 heterocycles. The fourth-order valence-electron chi connectivity index (χ4n) is 6.58. The number of benzene rings is 2. The summed E-state index contributed by atoms with van der Waals surface area (Å²) in [5, 5.41) is 0. The van der Waals surface area contributed by atoms with Gasteiger partial charge in [-0.05, 0) is 74.4 Å². The van der Waals surface area contributed by atoms with Gasteiger partial charge in [-0.15, -0.1) is 0 Å². The number of anilines is 2. The van der Waals surface area contributed by atoms with E-state index in [0.29, 0.717) is 41.3 Å². The van der Waals surface area contributed by atoms with Gasteiger partial charge in [0, 0.05) is 13.0 Å². The van der Waals surface area contributed by atoms with E-state index in [4.69, 9.17) is 9.47 Å². The zero-order chi connectivity index (χ0) is 25.0. The van der Waals surface area contributed by atoms with Crippen LogP contribution >= 0.6 is 0 Å². The average Bonchev–Trinajstić information content (AvgIpc) is 3.64. The van der Waals surface area contributed by atoms with Gasteiger partial charge in [-0.1, -0.05) is 12.1 Å². The van der Waals surface area contributed by atoms with Crippen molar-refractivity contribution in [1.29, 1.82) is 0 Å². The van der Waals surface area contributed by atoms with E-state index in [2.05, 4.69) is 0 Å². The molecule has 8 nitrogen and oxygen atoms in total. The number of carbonyl (C=O) groups is 4. The molecule has 2 aromatic rings. The first kappa shape index (κ1) is 22.8. The quantitative estimate of drug-likeness (QED) is 0.351. The van der Waals surface area contributed by atoms with Gasteiger partial charge in [-0.3, -0.25) is 24.1 Å². The minimum Gasteiger partial charge on any atom is -0.492 e. The highest BCUT2D eigenvalue weighted by Gasteiger charge is 2.61. The van der Waals surface area contributed by atoms with Crippen molar-refractivity contribution in [3.8, 4) is 11.5 Å². The Morgan fingerprint density at radius 1 is 0.944 bits per heavy atom. The summed E-state index contributed by atoms with van der Waals surface area (Å²) in [6, 6.07) is 13.7. The molecule has 0 spiro atoms. The number of fused-ring (bicyclic) bond motifs is 5. The molecule has 4 aliphatic rings. The molecule has 2 saturated carbocycles. The molecule has 2 aromatic carbocycles. The van der Waals surface area contributed by atoms with E-state index in [1.54, 1.807) is 41.3 Å². The zero-order valence-corrected chi connectivity index (χ0v) is 20.1. The smallest absolute Gasteiger partial charge is 0.316 e. The Morgan fingerprint density at radius 3 is 2.28 bits per heavy atom. The van der Waals surface area contributed by atoms with Crippen molar-refractivity contribution < 1.29 is 28.7 Å². The van der Waals surface area contributed by atoms with Crippen LogP contribution in [0.3, 0.4) is 0 Å². The maximum absolute atomic E-state index is 13.0. The first-order valence-electron chi connectivity index (χ1n) is 12.7. The highest BCUT2D eigenvalue weighted by Crippen LogP contribution is 2.56. The second-order valence-corrected chi connectivity index (χ2v) is 10.1. The van der Waals surface area contributed by atoms with E-state index in [1.165, 1.54) is 4.90 Å². The summed E-state index contributed by atoms with van der Waals surface area (Å²) < 4.78 is 11.2. The van der Waals surface area contributed by atoms with Gasteiger partial charge in [0.2, 0.25) is 17.7 Å². The number of ether oxygens (including phenoxy) is 2. The number of imide groups is 1. The third-order valence-corrected chi connectivity index (χ3v) is 8.16. The minimum absolute atomic E-state index is 0.0548. The van der Waals surface area contributed by atoms with E-state index in [1.807, 2.05) is 19.1 Å². The van der Waals surface area contributed by atoms with Crippen molar-refractivity contribution in [1.82, 2.24) is 0 Å². The van der Waals surface area contributed by atoms with Crippen molar-refractivity contribution in [2.24, 2.45) is 29.6 Å². The molecule has 2 saturated heterocycles. The van der Waals surface area contributed by atoms with Crippen LogP contribution in [0.2, 0.25) is 0 Å². The second-order valence-electron chi connectivity index (χ2n) is 10.1. The van der Waals surface area contributed by atoms with Gasteiger partial charge in [0.1, 0.15) is 11.5 Å². The molecule has 2 aliphatic heterocycles. The fourth-order valence-corrected chi connectivity index (χ4v) is 6.58. The van der Waals surface area contributed by atoms with Crippen molar-refractivity contribution in [2.45, 2.75) is 32.6 Å². The third kappa shape index (κ3) is 3.58. The Morgan fingerprint density at radius 2 is 1.61 bits per heavy atom. The van der Waals surface area contributed by atoms with Crippen LogP contribution in [-0.2, 0) is 19.2 Å². The number of nitrogens with zero attached hydrogens (tertiary/aromatic N) is 2. The maximum Gasteiger partial charge on any atom is 0.316 e. The lowest BCUT2D eigenvalue weighted by atomic mass is 9.81. The highest BCUT2D eigenvalue weighted by molar-refractivity contribution is 6.22. The molecule has 2 bridgehead atoms. The van der Waals surface area contributed by atoms with E-state index in [-0.39, 0.29) is 42.5 Å². The Kier molecular flexibility index (Phi) is 5.54. The number of carbonyl (C=O) groups excluding carboxylic acids is 4. The first-order chi connectivity index (χ1) is 17.5. The van der Waals surface area contributed by atoms with Crippen molar-refractivity contribution >= 4 is 35.1 Å². The standard InChI is InChI=1S/C28H28N2O6/c1-2-35-22-6-4-3-5-21(22)29-15-18(14-23(29)31)28(34)36-20-11-9-19(10-12-20)30-26(32)24-16-7-8-17(13-16)25(24)27(30)33/h3-6,9-12,16-18,24-25H,2,7-8,13-15H2,1H3/t16-,17-,18+,24-,25-/m0/s1. The Bertz CT molecular complexity index is 1210. The number of amides is 3. The average molecular weight is 489 g/mol. The van der Waals surface area contributed by atoms with Crippen molar-refractivity contribution in [3.05, 3.63) is 48.5 Å². The topological polar surface area (TPSA) is 93.2 Å². The molecule has 0 radical (unpaired) electrons. The number of para-hydroxylation sites is 2. The van der Waals surface area contributed by atoms with Crippen LogP contribution in [-0.4, -0.2) is 36.8 Å². The number of hydrogen-bond donors (Lipinski definition) is 0. The van der Waals surface area contributed by atoms with E-state index >= 15 is 0 Å². The van der Waals surface area contributed by atoms with Crippen LogP contribution in [0.5, 0.6) is 11.5 Å². The van der Waals surface area contributed by atoms with E-state index in [0.717, 1.165) is 19.3 Å². The molecule has 186 valence electrons. The summed E-state index contributed by atoms with van der Waals surface area (Å²) in [5.41, 5.74) is 1.15. The molecule has 8 heteroatoms. The van der Waals surface area contributed by atoms with Crippen molar-refractivity contribution in [2.75, 3.05) is 23.0 Å². The summed E-state index contributed by atoms with van der Waals surface area (Å²) in [5.74, 6) is -0.247. The Labute approximate surface area is 209 Å². The van der Waals surface area contributed by atoms with Crippen molar-refractivity contribution in [3.63, 3.8) is 0 Å². The van der Waals surface area contributed by atoms with Crippen LogP contribution in [0.1, 0.15) is 32.6 Å². The third-order valence-electron chi connectivity index (χ3n) is 8.16. The lowest BCUT2D eigenvalue weighted by Gasteiger charge is -2.20. The van der Waals surface area contributed by atoms with Gasteiger partial charge in [0.25, 0.3) is 0 Å². The van der Waals surface area contributed by atoms with Crippen LogP contribution in [0.4, 0.5) is 11.4 Å². The van der Waals surface area contributed by atoms with Gasteiger partial charge in [-0.2, -0.15) is 0 Å². The first-order valence-corrected chi connectivity index (χ1v) is 12.7. The van der Waals surface area contributed by atoms with E-state index < -0.39 is 11.9 Å². The minimum atomic E-state index is -0.608. The maximum atomic E-state index is 13.0. The number of esters is 1. The summed E-state index contributed by atoms with van der Waals surface area (Å²) in [4.78, 5) is 54.5. The largest absolute Gasteiger partial charge is 0.492 e. The molecule has 36 heavy (non-hydrogen) atoms. The monoisotopic (exact) mass is 488 g/mol. The molecule has 4 fully saturated rings. The molecular weight excluding hydrogens is 460 g/mol. The summed E-state index contributed by atoms with van der Waals surface area (Å²) in [6.07, 6.45) is 3.12. The van der Waals surface area contributed by atoms with E-state index in [9.17, 15) is 19.2 Å². The molecule has 0 aromatic heterocycles. The molecular formula is C28H28N2O6. The predicted octanol–water partition coefficient (Wildman–Crippen LogP) is 3.58. The normalized spacial score (nSPS) is 28.7. The van der Waals surface area contributed by atoms with Crippen LogP contribution in [0.15, 0.2) is 48.5 Å². The van der Waals surface area contributed by atoms with Gasteiger partial charge >= 0.3 is 5.97 Å². The SMILES string of the molecule is CCOc1ccccc1N1C[C@H](C(=O)Oc2ccc(N3C(=O)[C@H]4[C@H]5CC[C@@H](C5)[C@@H]4C3=O)cc2)CC1=O. The van der Waals surface area contributed by atoms with Crippen LogP contribution < -0.4 is 19.3 Å². The molecule has 2 aliphatic carbocycles. The van der Waals surface area contributed by atoms with Crippen LogP contribution in [0, 0.1) is 29.6 Å². The van der Waals surface area contributed by atoms with Gasteiger partial charge in [0.15, 0.2) is 0 Å². The van der Waals surface area contributed by atoms with Crippen LogP contribution in [0.25, 0.3) is 0 Å². The molecule has 6 rings (SSSR count). The lowest BCUT2D eigenvalue weighted by Crippen LogP contribution is -2.32.